The third-order valence-electron chi connectivity index (χ3n) is 3.50. The maximum atomic E-state index is 13.7. The highest BCUT2D eigenvalue weighted by molar-refractivity contribution is 7.91. The topological polar surface area (TPSA) is 46.2 Å². The largest absolute Gasteiger partial charge is 0.304 e. The van der Waals surface area contributed by atoms with Crippen LogP contribution in [0, 0.1) is 11.6 Å². The maximum Gasteiger partial charge on any atom is 0.152 e. The molecular weight excluding hydrogens is 272 g/mol. The summed E-state index contributed by atoms with van der Waals surface area (Å²) in [5.41, 5.74) is -0.217. The van der Waals surface area contributed by atoms with Crippen molar-refractivity contribution in [2.45, 2.75) is 31.8 Å². The van der Waals surface area contributed by atoms with Crippen LogP contribution in [0.5, 0.6) is 0 Å². The molecule has 2 atom stereocenters. The van der Waals surface area contributed by atoms with E-state index in [1.807, 2.05) is 6.92 Å². The fraction of sp³-hybridized carbons (Fsp3) is 0.538. The molecule has 0 saturated carbocycles. The van der Waals surface area contributed by atoms with Crippen molar-refractivity contribution < 1.29 is 17.2 Å². The summed E-state index contributed by atoms with van der Waals surface area (Å²) >= 11 is 0. The van der Waals surface area contributed by atoms with E-state index in [0.717, 1.165) is 6.07 Å². The van der Waals surface area contributed by atoms with Crippen molar-refractivity contribution in [3.05, 3.63) is 35.4 Å². The summed E-state index contributed by atoms with van der Waals surface area (Å²) < 4.78 is 49.5. The SMILES string of the molecule is CC(NC1(C)CCS(=O)(=O)C1)c1ccc(F)cc1F. The predicted molar refractivity (Wildman–Crippen MR) is 69.6 cm³/mol. The van der Waals surface area contributed by atoms with Crippen LogP contribution in [-0.2, 0) is 9.84 Å². The highest BCUT2D eigenvalue weighted by Gasteiger charge is 2.39. The molecule has 106 valence electrons. The average molecular weight is 289 g/mol. The van der Waals surface area contributed by atoms with Gasteiger partial charge in [-0.3, -0.25) is 0 Å². The van der Waals surface area contributed by atoms with Gasteiger partial charge in [-0.15, -0.1) is 0 Å². The fourth-order valence-corrected chi connectivity index (χ4v) is 4.68. The maximum absolute atomic E-state index is 13.7. The minimum atomic E-state index is -3.01. The van der Waals surface area contributed by atoms with Gasteiger partial charge in [0, 0.05) is 23.2 Å². The van der Waals surface area contributed by atoms with E-state index in [0.29, 0.717) is 12.0 Å². The molecule has 1 N–H and O–H groups in total. The molecule has 6 heteroatoms. The Hall–Kier alpha value is -1.01. The van der Waals surface area contributed by atoms with Gasteiger partial charge in [0.25, 0.3) is 0 Å². The van der Waals surface area contributed by atoms with E-state index in [-0.39, 0.29) is 17.5 Å². The summed E-state index contributed by atoms with van der Waals surface area (Å²) in [6, 6.07) is 3.04. The zero-order valence-electron chi connectivity index (χ0n) is 10.9. The molecule has 1 saturated heterocycles. The van der Waals surface area contributed by atoms with Gasteiger partial charge in [0.05, 0.1) is 11.5 Å². The molecule has 0 aliphatic carbocycles. The number of hydrogen-bond donors (Lipinski definition) is 1. The third-order valence-corrected chi connectivity index (χ3v) is 5.40. The van der Waals surface area contributed by atoms with Gasteiger partial charge in [0.2, 0.25) is 0 Å². The molecule has 1 aromatic rings. The normalized spacial score (nSPS) is 27.4. The highest BCUT2D eigenvalue weighted by Crippen LogP contribution is 2.27. The van der Waals surface area contributed by atoms with Crippen LogP contribution in [0.3, 0.4) is 0 Å². The Balaban J connectivity index is 2.15. The Morgan fingerprint density at radius 3 is 2.58 bits per heavy atom. The first-order valence-corrected chi connectivity index (χ1v) is 7.96. The van der Waals surface area contributed by atoms with Crippen molar-refractivity contribution in [2.75, 3.05) is 11.5 Å². The molecule has 1 fully saturated rings. The minimum absolute atomic E-state index is 0.0488. The van der Waals surface area contributed by atoms with E-state index in [2.05, 4.69) is 5.32 Å². The van der Waals surface area contributed by atoms with Crippen LogP contribution in [0.1, 0.15) is 31.9 Å². The molecule has 3 nitrogen and oxygen atoms in total. The van der Waals surface area contributed by atoms with Crippen molar-refractivity contribution in [3.8, 4) is 0 Å². The zero-order chi connectivity index (χ0) is 14.3. The first kappa shape index (κ1) is 14.4. The number of nitrogens with one attached hydrogen (secondary N) is 1. The molecule has 2 unspecified atom stereocenters. The quantitative estimate of drug-likeness (QED) is 0.928. The smallest absolute Gasteiger partial charge is 0.152 e. The molecule has 19 heavy (non-hydrogen) atoms. The highest BCUT2D eigenvalue weighted by atomic mass is 32.2. The lowest BCUT2D eigenvalue weighted by Gasteiger charge is -2.29. The first-order chi connectivity index (χ1) is 8.71. The standard InChI is InChI=1S/C13H17F2NO2S/c1-9(11-4-3-10(14)7-12(11)15)16-13(2)5-6-19(17,18)8-13/h3-4,7,9,16H,5-6,8H2,1-2H3. The van der Waals surface area contributed by atoms with Crippen LogP contribution in [-0.4, -0.2) is 25.5 Å². The fourth-order valence-electron chi connectivity index (χ4n) is 2.58. The molecule has 2 rings (SSSR count). The van der Waals surface area contributed by atoms with Gasteiger partial charge < -0.3 is 5.32 Å². The predicted octanol–water partition coefficient (Wildman–Crippen LogP) is 2.19. The van der Waals surface area contributed by atoms with Gasteiger partial charge >= 0.3 is 0 Å². The Bertz CT molecular complexity index is 588. The summed E-state index contributed by atoms with van der Waals surface area (Å²) in [6.45, 7) is 3.56. The number of sulfone groups is 1. The number of rotatable bonds is 3. The van der Waals surface area contributed by atoms with Crippen LogP contribution in [0.15, 0.2) is 18.2 Å². The lowest BCUT2D eigenvalue weighted by molar-refractivity contribution is 0.349. The van der Waals surface area contributed by atoms with Crippen molar-refractivity contribution in [1.29, 1.82) is 0 Å². The minimum Gasteiger partial charge on any atom is -0.304 e. The van der Waals surface area contributed by atoms with Gasteiger partial charge in [-0.25, -0.2) is 17.2 Å². The van der Waals surface area contributed by atoms with E-state index in [1.165, 1.54) is 12.1 Å². The average Bonchev–Trinajstić information content (AvgIpc) is 2.52. The number of halogens is 2. The Morgan fingerprint density at radius 2 is 2.05 bits per heavy atom. The number of hydrogen-bond acceptors (Lipinski definition) is 3. The lowest BCUT2D eigenvalue weighted by atomic mass is 9.98. The Morgan fingerprint density at radius 1 is 1.37 bits per heavy atom. The lowest BCUT2D eigenvalue weighted by Crippen LogP contribution is -2.44. The van der Waals surface area contributed by atoms with Gasteiger partial charge in [-0.05, 0) is 26.3 Å². The van der Waals surface area contributed by atoms with Crippen LogP contribution in [0.4, 0.5) is 8.78 Å². The molecule has 0 spiro atoms. The first-order valence-electron chi connectivity index (χ1n) is 6.14. The van der Waals surface area contributed by atoms with Crippen molar-refractivity contribution in [1.82, 2.24) is 5.32 Å². The van der Waals surface area contributed by atoms with E-state index >= 15 is 0 Å². The molecule has 1 aromatic carbocycles. The molecule has 1 heterocycles. The number of benzene rings is 1. The van der Waals surface area contributed by atoms with E-state index < -0.39 is 27.0 Å². The molecule has 0 aromatic heterocycles. The summed E-state index contributed by atoms with van der Waals surface area (Å²) in [5, 5.41) is 3.15. The van der Waals surface area contributed by atoms with Gasteiger partial charge in [0.1, 0.15) is 11.6 Å². The summed E-state index contributed by atoms with van der Waals surface area (Å²) in [5.74, 6) is -1.05. The van der Waals surface area contributed by atoms with E-state index in [1.54, 1.807) is 6.92 Å². The van der Waals surface area contributed by atoms with Crippen molar-refractivity contribution in [3.63, 3.8) is 0 Å². The molecule has 1 aliphatic rings. The summed E-state index contributed by atoms with van der Waals surface area (Å²) in [7, 11) is -3.01. The van der Waals surface area contributed by atoms with Crippen LogP contribution < -0.4 is 5.32 Å². The molecule has 0 radical (unpaired) electrons. The van der Waals surface area contributed by atoms with Crippen LogP contribution >= 0.6 is 0 Å². The molecule has 0 bridgehead atoms. The van der Waals surface area contributed by atoms with Crippen LogP contribution in [0.25, 0.3) is 0 Å². The van der Waals surface area contributed by atoms with E-state index in [4.69, 9.17) is 0 Å². The monoisotopic (exact) mass is 289 g/mol. The van der Waals surface area contributed by atoms with E-state index in [9.17, 15) is 17.2 Å². The van der Waals surface area contributed by atoms with Gasteiger partial charge in [-0.2, -0.15) is 0 Å². The second-order valence-electron chi connectivity index (χ2n) is 5.43. The van der Waals surface area contributed by atoms with Gasteiger partial charge in [-0.1, -0.05) is 6.07 Å². The Labute approximate surface area is 111 Å². The second kappa shape index (κ2) is 4.83. The second-order valence-corrected chi connectivity index (χ2v) is 7.62. The van der Waals surface area contributed by atoms with Crippen molar-refractivity contribution in [2.24, 2.45) is 0 Å². The van der Waals surface area contributed by atoms with Crippen molar-refractivity contribution >= 4 is 9.84 Å². The molecule has 1 aliphatic heterocycles. The van der Waals surface area contributed by atoms with Crippen LogP contribution in [0.2, 0.25) is 0 Å². The molecule has 0 amide bonds. The van der Waals surface area contributed by atoms with Gasteiger partial charge in [0.15, 0.2) is 9.84 Å². The third kappa shape index (κ3) is 3.30. The summed E-state index contributed by atoms with van der Waals surface area (Å²) in [6.07, 6.45) is 0.502. The zero-order valence-corrected chi connectivity index (χ0v) is 11.7. The summed E-state index contributed by atoms with van der Waals surface area (Å²) in [4.78, 5) is 0. The molecular formula is C13H17F2NO2S. The Kier molecular flexibility index (Phi) is 3.66.